The Hall–Kier alpha value is 0.227. The molecule has 0 bridgehead atoms. The summed E-state index contributed by atoms with van der Waals surface area (Å²) < 4.78 is 0.853. The molecule has 0 saturated heterocycles. The van der Waals surface area contributed by atoms with Crippen LogP contribution < -0.4 is 18.9 Å². The molecule has 0 aromatic carbocycles. The van der Waals surface area contributed by atoms with E-state index in [1.807, 2.05) is 6.07 Å². The summed E-state index contributed by atoms with van der Waals surface area (Å²) in [7, 11) is 0. The molecule has 0 atom stereocenters. The molecular weight excluding hydrogens is 161 g/mol. The molecule has 1 aromatic rings. The molecule has 1 heterocycles. The van der Waals surface area contributed by atoms with Gasteiger partial charge in [0, 0.05) is 4.60 Å². The summed E-state index contributed by atoms with van der Waals surface area (Å²) in [6.45, 7) is 0. The van der Waals surface area contributed by atoms with Crippen molar-refractivity contribution in [3.63, 3.8) is 0 Å². The van der Waals surface area contributed by atoms with Gasteiger partial charge in [0.1, 0.15) is 0 Å². The van der Waals surface area contributed by atoms with Gasteiger partial charge in [0.2, 0.25) is 0 Å². The average Bonchev–Trinajstić information content (AvgIpc) is 1.69. The minimum absolute atomic E-state index is 0. The molecule has 0 aliphatic heterocycles. The maximum atomic E-state index is 3.84. The molecular formula is C5H3BrLiN. The first-order valence-electron chi connectivity index (χ1n) is 1.87. The maximum Gasteiger partial charge on any atom is 1.00 e. The molecule has 0 spiro atoms. The first-order valence-corrected chi connectivity index (χ1v) is 2.66. The number of nitrogens with zero attached hydrogens (tertiary/aromatic N) is 1. The van der Waals surface area contributed by atoms with E-state index >= 15 is 0 Å². The van der Waals surface area contributed by atoms with Crippen molar-refractivity contribution in [1.29, 1.82) is 0 Å². The van der Waals surface area contributed by atoms with Gasteiger partial charge < -0.3 is 0 Å². The van der Waals surface area contributed by atoms with Crippen LogP contribution in [0.25, 0.3) is 0 Å². The molecule has 0 aliphatic carbocycles. The van der Waals surface area contributed by atoms with Crippen molar-refractivity contribution in [3.05, 3.63) is 29.0 Å². The second-order valence-corrected chi connectivity index (χ2v) is 1.89. The van der Waals surface area contributed by atoms with E-state index in [1.54, 1.807) is 12.3 Å². The van der Waals surface area contributed by atoms with Crippen LogP contribution in [-0.4, -0.2) is 4.98 Å². The minimum atomic E-state index is 0. The summed E-state index contributed by atoms with van der Waals surface area (Å²) in [6, 6.07) is 6.43. The molecule has 0 amide bonds. The normalized spacial score (nSPS) is 7.62. The molecule has 0 fully saturated rings. The van der Waals surface area contributed by atoms with Gasteiger partial charge in [0.25, 0.3) is 0 Å². The summed E-state index contributed by atoms with van der Waals surface area (Å²) in [5.74, 6) is 0. The second kappa shape index (κ2) is 4.14. The third-order valence-corrected chi connectivity index (χ3v) is 1.05. The summed E-state index contributed by atoms with van der Waals surface area (Å²) in [5, 5.41) is 0. The van der Waals surface area contributed by atoms with Crippen LogP contribution in [0.4, 0.5) is 0 Å². The predicted molar refractivity (Wildman–Crippen MR) is 30.8 cm³/mol. The van der Waals surface area contributed by atoms with Gasteiger partial charge in [-0.05, 0) is 0 Å². The summed E-state index contributed by atoms with van der Waals surface area (Å²) >= 11 is 3.18. The van der Waals surface area contributed by atoms with Crippen molar-refractivity contribution in [2.24, 2.45) is 0 Å². The Bertz CT molecular complexity index is 142. The van der Waals surface area contributed by atoms with Gasteiger partial charge in [-0.3, -0.25) is 4.98 Å². The van der Waals surface area contributed by atoms with Crippen molar-refractivity contribution in [2.75, 3.05) is 0 Å². The van der Waals surface area contributed by atoms with Gasteiger partial charge in [-0.15, -0.1) is 0 Å². The Labute approximate surface area is 68.8 Å². The molecule has 0 aliphatic rings. The first-order chi connectivity index (χ1) is 3.39. The van der Waals surface area contributed by atoms with Crippen LogP contribution in [0.3, 0.4) is 0 Å². The number of halogens is 1. The van der Waals surface area contributed by atoms with Gasteiger partial charge >= 0.3 is 18.9 Å². The van der Waals surface area contributed by atoms with Crippen LogP contribution in [0, 0.1) is 6.07 Å². The third-order valence-electron chi connectivity index (χ3n) is 0.580. The molecule has 0 unspecified atom stereocenters. The molecule has 1 nitrogen and oxygen atoms in total. The third kappa shape index (κ3) is 2.51. The molecule has 3 heteroatoms. The zero-order valence-corrected chi connectivity index (χ0v) is 6.14. The molecule has 8 heavy (non-hydrogen) atoms. The molecule has 0 saturated carbocycles. The van der Waals surface area contributed by atoms with E-state index in [4.69, 9.17) is 0 Å². The Morgan fingerprint density at radius 3 is 2.62 bits per heavy atom. The first kappa shape index (κ1) is 8.23. The molecule has 36 valence electrons. The van der Waals surface area contributed by atoms with Gasteiger partial charge in [-0.1, -0.05) is 22.1 Å². The van der Waals surface area contributed by atoms with Crippen molar-refractivity contribution < 1.29 is 18.9 Å². The van der Waals surface area contributed by atoms with E-state index < -0.39 is 0 Å². The minimum Gasteiger partial charge on any atom is -0.289 e. The van der Waals surface area contributed by atoms with E-state index in [1.165, 1.54) is 0 Å². The monoisotopic (exact) mass is 163 g/mol. The maximum absolute atomic E-state index is 3.84. The predicted octanol–water partition coefficient (Wildman–Crippen LogP) is -1.35. The summed E-state index contributed by atoms with van der Waals surface area (Å²) in [5.41, 5.74) is 0. The van der Waals surface area contributed by atoms with Gasteiger partial charge in [0.05, 0.1) is 0 Å². The van der Waals surface area contributed by atoms with Crippen LogP contribution in [-0.2, 0) is 0 Å². The standard InChI is InChI=1S/C5H3BrN.Li/c6-5-3-1-2-4-7-5;/h1,3-4H;/q-1;+1. The Kier molecular flexibility index (Phi) is 4.26. The van der Waals surface area contributed by atoms with E-state index in [0.29, 0.717) is 0 Å². The fourth-order valence-corrected chi connectivity index (χ4v) is 0.536. The van der Waals surface area contributed by atoms with E-state index in [-0.39, 0.29) is 18.9 Å². The topological polar surface area (TPSA) is 12.9 Å². The van der Waals surface area contributed by atoms with Gasteiger partial charge in [0.15, 0.2) is 0 Å². The van der Waals surface area contributed by atoms with Crippen molar-refractivity contribution >= 4 is 15.9 Å². The van der Waals surface area contributed by atoms with Crippen LogP contribution in [0.2, 0.25) is 0 Å². The van der Waals surface area contributed by atoms with Gasteiger partial charge in [-0.2, -0.15) is 6.07 Å². The SMILES string of the molecule is Brc1cc[c-]cn1.[Li+]. The fraction of sp³-hybridized carbons (Fsp3) is 0. The van der Waals surface area contributed by atoms with E-state index in [2.05, 4.69) is 27.0 Å². The Morgan fingerprint density at radius 2 is 2.38 bits per heavy atom. The second-order valence-electron chi connectivity index (χ2n) is 1.08. The number of hydrogen-bond donors (Lipinski definition) is 0. The largest absolute Gasteiger partial charge is 1.00 e. The molecule has 0 N–H and O–H groups in total. The number of aromatic nitrogens is 1. The zero-order chi connectivity index (χ0) is 5.11. The number of rotatable bonds is 0. The Morgan fingerprint density at radius 1 is 1.62 bits per heavy atom. The Balaban J connectivity index is 0.000000490. The number of pyridine rings is 1. The average molecular weight is 164 g/mol. The van der Waals surface area contributed by atoms with Crippen LogP contribution in [0.1, 0.15) is 0 Å². The molecule has 1 aromatic heterocycles. The van der Waals surface area contributed by atoms with Crippen LogP contribution >= 0.6 is 15.9 Å². The van der Waals surface area contributed by atoms with Gasteiger partial charge in [-0.25, -0.2) is 12.1 Å². The molecule has 1 rings (SSSR count). The van der Waals surface area contributed by atoms with E-state index in [9.17, 15) is 0 Å². The summed E-state index contributed by atoms with van der Waals surface area (Å²) in [4.78, 5) is 3.84. The van der Waals surface area contributed by atoms with Crippen LogP contribution in [0.15, 0.2) is 22.9 Å². The van der Waals surface area contributed by atoms with E-state index in [0.717, 1.165) is 4.60 Å². The van der Waals surface area contributed by atoms with Crippen molar-refractivity contribution in [1.82, 2.24) is 4.98 Å². The van der Waals surface area contributed by atoms with Crippen molar-refractivity contribution in [2.45, 2.75) is 0 Å². The smallest absolute Gasteiger partial charge is 0.289 e. The van der Waals surface area contributed by atoms with Crippen LogP contribution in [0.5, 0.6) is 0 Å². The molecule has 0 radical (unpaired) electrons. The summed E-state index contributed by atoms with van der Waals surface area (Å²) in [6.07, 6.45) is 1.62. The fourth-order valence-electron chi connectivity index (χ4n) is 0.302. The zero-order valence-electron chi connectivity index (χ0n) is 4.56. The van der Waals surface area contributed by atoms with Crippen molar-refractivity contribution in [3.8, 4) is 0 Å². The number of hydrogen-bond acceptors (Lipinski definition) is 1. The quantitative estimate of drug-likeness (QED) is 0.262.